The third-order valence-electron chi connectivity index (χ3n) is 2.64. The summed E-state index contributed by atoms with van der Waals surface area (Å²) in [4.78, 5) is 0. The first-order chi connectivity index (χ1) is 7.29. The van der Waals surface area contributed by atoms with Gasteiger partial charge in [-0.3, -0.25) is 0 Å². The lowest BCUT2D eigenvalue weighted by Crippen LogP contribution is -2.14. The first-order valence-corrected chi connectivity index (χ1v) is 5.76. The lowest BCUT2D eigenvalue weighted by molar-refractivity contribution is 0.414. The number of hydrogen-bond donors (Lipinski definition) is 1. The van der Waals surface area contributed by atoms with Gasteiger partial charge in [0.05, 0.1) is 12.6 Å². The van der Waals surface area contributed by atoms with Gasteiger partial charge < -0.3 is 5.73 Å². The van der Waals surface area contributed by atoms with Crippen LogP contribution < -0.4 is 5.73 Å². The second-order valence-electron chi connectivity index (χ2n) is 3.94. The van der Waals surface area contributed by atoms with E-state index in [1.165, 1.54) is 25.7 Å². The number of unbranched alkanes of at least 4 members (excludes halogenated alkanes) is 3. The first-order valence-electron chi connectivity index (χ1n) is 5.76. The van der Waals surface area contributed by atoms with Crippen molar-refractivity contribution in [2.24, 2.45) is 5.73 Å². The third-order valence-corrected chi connectivity index (χ3v) is 2.64. The van der Waals surface area contributed by atoms with Crippen LogP contribution >= 0.6 is 0 Å². The molecule has 1 rings (SSSR count). The molecule has 1 heterocycles. The van der Waals surface area contributed by atoms with Crippen LogP contribution in [-0.2, 0) is 6.54 Å². The van der Waals surface area contributed by atoms with Crippen molar-refractivity contribution in [1.82, 2.24) is 20.2 Å². The molecule has 0 aliphatic heterocycles. The topological polar surface area (TPSA) is 69.6 Å². The highest BCUT2D eigenvalue weighted by atomic mass is 15.5. The molecule has 0 aliphatic rings. The maximum Gasteiger partial charge on any atom is 0.165 e. The summed E-state index contributed by atoms with van der Waals surface area (Å²) < 4.78 is 1.84. The van der Waals surface area contributed by atoms with Crippen molar-refractivity contribution in [2.75, 3.05) is 0 Å². The molecule has 1 aromatic heterocycles. The minimum atomic E-state index is 0.357. The summed E-state index contributed by atoms with van der Waals surface area (Å²) in [5, 5.41) is 11.5. The van der Waals surface area contributed by atoms with Gasteiger partial charge in [-0.05, 0) is 23.8 Å². The molecular formula is C10H21N5. The van der Waals surface area contributed by atoms with E-state index in [0.29, 0.717) is 12.6 Å². The lowest BCUT2D eigenvalue weighted by Gasteiger charge is -2.12. The van der Waals surface area contributed by atoms with E-state index in [2.05, 4.69) is 29.4 Å². The van der Waals surface area contributed by atoms with Gasteiger partial charge in [0, 0.05) is 0 Å². The summed E-state index contributed by atoms with van der Waals surface area (Å²) >= 11 is 0. The summed E-state index contributed by atoms with van der Waals surface area (Å²) in [7, 11) is 0. The van der Waals surface area contributed by atoms with E-state index < -0.39 is 0 Å². The van der Waals surface area contributed by atoms with Crippen LogP contribution in [0.25, 0.3) is 0 Å². The molecule has 2 N–H and O–H groups in total. The Hall–Kier alpha value is -0.970. The maximum atomic E-state index is 5.55. The average molecular weight is 211 g/mol. The molecule has 0 radical (unpaired) electrons. The number of nitrogens with two attached hydrogens (primary N) is 1. The molecule has 5 heteroatoms. The molecule has 0 spiro atoms. The molecule has 1 unspecified atom stereocenters. The Labute approximate surface area is 91.0 Å². The highest BCUT2D eigenvalue weighted by molar-refractivity contribution is 4.81. The second-order valence-corrected chi connectivity index (χ2v) is 3.94. The van der Waals surface area contributed by atoms with E-state index in [-0.39, 0.29) is 0 Å². The van der Waals surface area contributed by atoms with Crippen molar-refractivity contribution < 1.29 is 0 Å². The number of aromatic nitrogens is 4. The quantitative estimate of drug-likeness (QED) is 0.696. The van der Waals surface area contributed by atoms with Gasteiger partial charge in [0.15, 0.2) is 5.82 Å². The fraction of sp³-hybridized carbons (Fsp3) is 0.900. The number of tetrazole rings is 1. The summed E-state index contributed by atoms with van der Waals surface area (Å²) in [6.07, 6.45) is 6.23. The van der Waals surface area contributed by atoms with E-state index in [0.717, 1.165) is 12.2 Å². The Morgan fingerprint density at radius 3 is 2.80 bits per heavy atom. The minimum absolute atomic E-state index is 0.357. The Kier molecular flexibility index (Phi) is 5.25. The number of nitrogens with zero attached hydrogens (tertiary/aromatic N) is 4. The SMILES string of the molecule is CCCCCCC(C)n1nnnc1CN. The predicted molar refractivity (Wildman–Crippen MR) is 59.2 cm³/mol. The van der Waals surface area contributed by atoms with Crippen LogP contribution in [0.5, 0.6) is 0 Å². The minimum Gasteiger partial charge on any atom is -0.324 e. The largest absolute Gasteiger partial charge is 0.324 e. The van der Waals surface area contributed by atoms with Crippen LogP contribution in [0.1, 0.15) is 57.8 Å². The van der Waals surface area contributed by atoms with Gasteiger partial charge in [-0.25, -0.2) is 4.68 Å². The smallest absolute Gasteiger partial charge is 0.165 e. The van der Waals surface area contributed by atoms with Crippen LogP contribution in [-0.4, -0.2) is 20.2 Å². The highest BCUT2D eigenvalue weighted by Gasteiger charge is 2.10. The molecular weight excluding hydrogens is 190 g/mol. The molecule has 15 heavy (non-hydrogen) atoms. The molecule has 5 nitrogen and oxygen atoms in total. The highest BCUT2D eigenvalue weighted by Crippen LogP contribution is 2.15. The third kappa shape index (κ3) is 3.58. The molecule has 0 saturated carbocycles. The Balaban J connectivity index is 2.36. The van der Waals surface area contributed by atoms with E-state index in [4.69, 9.17) is 5.73 Å². The zero-order chi connectivity index (χ0) is 11.1. The van der Waals surface area contributed by atoms with Gasteiger partial charge >= 0.3 is 0 Å². The van der Waals surface area contributed by atoms with Gasteiger partial charge in [0.2, 0.25) is 0 Å². The normalized spacial score (nSPS) is 13.0. The molecule has 1 aromatic rings. The van der Waals surface area contributed by atoms with Crippen LogP contribution in [0.4, 0.5) is 0 Å². The van der Waals surface area contributed by atoms with Gasteiger partial charge in [-0.1, -0.05) is 32.6 Å². The van der Waals surface area contributed by atoms with Crippen LogP contribution in [0.3, 0.4) is 0 Å². The van der Waals surface area contributed by atoms with E-state index in [9.17, 15) is 0 Å². The zero-order valence-electron chi connectivity index (χ0n) is 9.69. The fourth-order valence-corrected chi connectivity index (χ4v) is 1.68. The molecule has 86 valence electrons. The predicted octanol–water partition coefficient (Wildman–Crippen LogP) is 1.66. The molecule has 0 bridgehead atoms. The monoisotopic (exact) mass is 211 g/mol. The Bertz CT molecular complexity index is 271. The average Bonchev–Trinajstić information content (AvgIpc) is 2.72. The van der Waals surface area contributed by atoms with Crippen molar-refractivity contribution in [3.63, 3.8) is 0 Å². The Morgan fingerprint density at radius 2 is 2.13 bits per heavy atom. The van der Waals surface area contributed by atoms with Crippen molar-refractivity contribution in [3.05, 3.63) is 5.82 Å². The van der Waals surface area contributed by atoms with Crippen LogP contribution in [0.2, 0.25) is 0 Å². The molecule has 0 fully saturated rings. The van der Waals surface area contributed by atoms with Gasteiger partial charge in [0.1, 0.15) is 0 Å². The molecule has 1 atom stereocenters. The molecule has 0 aliphatic carbocycles. The van der Waals surface area contributed by atoms with Crippen LogP contribution in [0.15, 0.2) is 0 Å². The van der Waals surface area contributed by atoms with Gasteiger partial charge in [0.25, 0.3) is 0 Å². The summed E-state index contributed by atoms with van der Waals surface area (Å²) in [5.74, 6) is 0.776. The Morgan fingerprint density at radius 1 is 1.33 bits per heavy atom. The number of rotatable bonds is 7. The second kappa shape index (κ2) is 6.50. The van der Waals surface area contributed by atoms with Gasteiger partial charge in [-0.15, -0.1) is 5.10 Å². The van der Waals surface area contributed by atoms with E-state index in [1.807, 2.05) is 4.68 Å². The summed E-state index contributed by atoms with van der Waals surface area (Å²) in [6, 6.07) is 0.357. The van der Waals surface area contributed by atoms with Crippen LogP contribution in [0, 0.1) is 0 Å². The van der Waals surface area contributed by atoms with Crippen molar-refractivity contribution in [1.29, 1.82) is 0 Å². The zero-order valence-corrected chi connectivity index (χ0v) is 9.69. The van der Waals surface area contributed by atoms with E-state index in [1.54, 1.807) is 0 Å². The lowest BCUT2D eigenvalue weighted by atomic mass is 10.1. The van der Waals surface area contributed by atoms with Crippen molar-refractivity contribution >= 4 is 0 Å². The van der Waals surface area contributed by atoms with Gasteiger partial charge in [-0.2, -0.15) is 0 Å². The van der Waals surface area contributed by atoms with E-state index >= 15 is 0 Å². The molecule has 0 saturated heterocycles. The van der Waals surface area contributed by atoms with Crippen molar-refractivity contribution in [3.8, 4) is 0 Å². The first kappa shape index (κ1) is 12.1. The standard InChI is InChI=1S/C10H21N5/c1-3-4-5-6-7-9(2)15-10(8-11)12-13-14-15/h9H,3-8,11H2,1-2H3. The summed E-state index contributed by atoms with van der Waals surface area (Å²) in [6.45, 7) is 4.77. The maximum absolute atomic E-state index is 5.55. The number of hydrogen-bond acceptors (Lipinski definition) is 4. The molecule has 0 amide bonds. The van der Waals surface area contributed by atoms with Crippen molar-refractivity contribution in [2.45, 2.75) is 58.5 Å². The summed E-state index contributed by atoms with van der Waals surface area (Å²) in [5.41, 5.74) is 5.55. The molecule has 0 aromatic carbocycles. The fourth-order valence-electron chi connectivity index (χ4n) is 1.68.